The minimum absolute atomic E-state index is 0.185. The maximum Gasteiger partial charge on any atom is 0.274 e. The van der Waals surface area contributed by atoms with Gasteiger partial charge in [0.15, 0.2) is 5.69 Å². The molecule has 1 unspecified atom stereocenters. The van der Waals surface area contributed by atoms with E-state index in [9.17, 15) is 9.59 Å². The molecule has 0 spiro atoms. The lowest BCUT2D eigenvalue weighted by molar-refractivity contribution is -0.122. The molecule has 0 saturated heterocycles. The van der Waals surface area contributed by atoms with Crippen LogP contribution in [0.3, 0.4) is 0 Å². The number of carbonyl (C=O) groups excluding carboxylic acids is 2. The maximum absolute atomic E-state index is 11.9. The van der Waals surface area contributed by atoms with Gasteiger partial charge in [-0.25, -0.2) is 0 Å². The molecule has 0 bridgehead atoms. The van der Waals surface area contributed by atoms with Crippen LogP contribution in [0.25, 0.3) is 0 Å². The molecule has 6 heteroatoms. The molecule has 0 aliphatic heterocycles. The zero-order valence-corrected chi connectivity index (χ0v) is 11.1. The van der Waals surface area contributed by atoms with Gasteiger partial charge in [-0.1, -0.05) is 19.0 Å². The number of carbonyl (C=O) groups is 2. The lowest BCUT2D eigenvalue weighted by Gasteiger charge is -2.18. The Morgan fingerprint density at radius 1 is 1.44 bits per heavy atom. The fraction of sp³-hybridized carbons (Fsp3) is 0.583. The highest BCUT2D eigenvalue weighted by Crippen LogP contribution is 2.07. The van der Waals surface area contributed by atoms with Crippen LogP contribution in [0.1, 0.15) is 36.5 Å². The smallest absolute Gasteiger partial charge is 0.274 e. The second-order valence-electron chi connectivity index (χ2n) is 4.59. The molecule has 0 aliphatic rings. The van der Waals surface area contributed by atoms with Crippen molar-refractivity contribution in [2.45, 2.75) is 33.2 Å². The molecule has 0 fully saturated rings. The van der Waals surface area contributed by atoms with Gasteiger partial charge in [-0.05, 0) is 19.3 Å². The van der Waals surface area contributed by atoms with Crippen LogP contribution < -0.4 is 10.6 Å². The second-order valence-corrected chi connectivity index (χ2v) is 4.59. The number of nitrogens with one attached hydrogen (secondary N) is 2. The zero-order valence-electron chi connectivity index (χ0n) is 11.1. The quantitative estimate of drug-likeness (QED) is 0.815. The minimum Gasteiger partial charge on any atom is -0.361 e. The average Bonchev–Trinajstić information content (AvgIpc) is 2.73. The molecule has 6 nitrogen and oxygen atoms in total. The number of likely N-dealkylation sites (N-methyl/N-ethyl adjacent to an activating group) is 1. The van der Waals surface area contributed by atoms with Gasteiger partial charge in [0, 0.05) is 13.1 Å². The van der Waals surface area contributed by atoms with Crippen LogP contribution in [-0.2, 0) is 4.79 Å². The van der Waals surface area contributed by atoms with Crippen LogP contribution in [0.4, 0.5) is 0 Å². The first-order valence-corrected chi connectivity index (χ1v) is 5.89. The third-order valence-corrected chi connectivity index (χ3v) is 2.44. The highest BCUT2D eigenvalue weighted by molar-refractivity contribution is 5.96. The van der Waals surface area contributed by atoms with Crippen molar-refractivity contribution in [1.29, 1.82) is 0 Å². The van der Waals surface area contributed by atoms with E-state index in [1.807, 2.05) is 13.8 Å². The molecule has 0 saturated carbocycles. The summed E-state index contributed by atoms with van der Waals surface area (Å²) in [6.45, 7) is 5.68. The first-order chi connectivity index (χ1) is 8.43. The largest absolute Gasteiger partial charge is 0.361 e. The van der Waals surface area contributed by atoms with Gasteiger partial charge in [-0.15, -0.1) is 0 Å². The van der Waals surface area contributed by atoms with E-state index >= 15 is 0 Å². The summed E-state index contributed by atoms with van der Waals surface area (Å²) < 4.78 is 4.82. The van der Waals surface area contributed by atoms with Gasteiger partial charge >= 0.3 is 0 Å². The molecule has 1 heterocycles. The van der Waals surface area contributed by atoms with Crippen LogP contribution in [-0.4, -0.2) is 30.1 Å². The highest BCUT2D eigenvalue weighted by atomic mass is 16.5. The predicted octanol–water partition coefficient (Wildman–Crippen LogP) is 0.874. The Labute approximate surface area is 106 Å². The third kappa shape index (κ3) is 3.87. The van der Waals surface area contributed by atoms with Crippen LogP contribution in [0, 0.1) is 12.8 Å². The Bertz CT molecular complexity index is 426. The van der Waals surface area contributed by atoms with Crippen molar-refractivity contribution in [3.63, 3.8) is 0 Å². The number of nitrogens with zero attached hydrogens (tertiary/aromatic N) is 1. The summed E-state index contributed by atoms with van der Waals surface area (Å²) in [5.41, 5.74) is 0.185. The Morgan fingerprint density at radius 3 is 2.56 bits per heavy atom. The van der Waals surface area contributed by atoms with Crippen LogP contribution in [0.15, 0.2) is 10.6 Å². The molecule has 2 amide bonds. The highest BCUT2D eigenvalue weighted by Gasteiger charge is 2.22. The lowest BCUT2D eigenvalue weighted by Crippen LogP contribution is -2.46. The van der Waals surface area contributed by atoms with E-state index in [0.29, 0.717) is 18.1 Å². The number of aromatic nitrogens is 1. The summed E-state index contributed by atoms with van der Waals surface area (Å²) in [5.74, 6) is 0.241. The monoisotopic (exact) mass is 253 g/mol. The van der Waals surface area contributed by atoms with Crippen molar-refractivity contribution in [2.24, 2.45) is 5.92 Å². The summed E-state index contributed by atoms with van der Waals surface area (Å²) >= 11 is 0. The van der Waals surface area contributed by atoms with E-state index < -0.39 is 11.9 Å². The molecule has 2 N–H and O–H groups in total. The van der Waals surface area contributed by atoms with Crippen LogP contribution in [0.5, 0.6) is 0 Å². The number of rotatable bonds is 5. The summed E-state index contributed by atoms with van der Waals surface area (Å²) in [6.07, 6.45) is 0.572. The van der Waals surface area contributed by atoms with Gasteiger partial charge in [0.2, 0.25) is 5.91 Å². The molecule has 0 aromatic carbocycles. The Kier molecular flexibility index (Phi) is 4.88. The standard InChI is InChI=1S/C12H19N3O3/c1-7(2)5-9(11(16)13-4)14-12(17)10-6-8(3)18-15-10/h6-7,9H,5H2,1-4H3,(H,13,16)(H,14,17). The molecule has 1 aromatic heterocycles. The topological polar surface area (TPSA) is 84.2 Å². The number of hydrogen-bond donors (Lipinski definition) is 2. The van der Waals surface area contributed by atoms with Crippen molar-refractivity contribution in [1.82, 2.24) is 15.8 Å². The fourth-order valence-electron chi connectivity index (χ4n) is 1.58. The van der Waals surface area contributed by atoms with Crippen LogP contribution >= 0.6 is 0 Å². The van der Waals surface area contributed by atoms with Gasteiger partial charge < -0.3 is 15.2 Å². The SMILES string of the molecule is CNC(=O)C(CC(C)C)NC(=O)c1cc(C)on1. The van der Waals surface area contributed by atoms with E-state index in [1.54, 1.807) is 14.0 Å². The van der Waals surface area contributed by atoms with Gasteiger partial charge in [-0.2, -0.15) is 0 Å². The first-order valence-electron chi connectivity index (χ1n) is 5.89. The van der Waals surface area contributed by atoms with Gasteiger partial charge in [0.05, 0.1) is 0 Å². The van der Waals surface area contributed by atoms with Gasteiger partial charge in [-0.3, -0.25) is 9.59 Å². The van der Waals surface area contributed by atoms with Crippen molar-refractivity contribution in [3.05, 3.63) is 17.5 Å². The molecular formula is C12H19N3O3. The number of aryl methyl sites for hydroxylation is 1. The summed E-state index contributed by atoms with van der Waals surface area (Å²) in [5, 5.41) is 8.80. The molecule has 1 atom stereocenters. The van der Waals surface area contributed by atoms with E-state index in [0.717, 1.165) is 0 Å². The first kappa shape index (κ1) is 14.2. The molecule has 1 aromatic rings. The molecule has 100 valence electrons. The molecule has 0 radical (unpaired) electrons. The average molecular weight is 253 g/mol. The third-order valence-electron chi connectivity index (χ3n) is 2.44. The molecule has 1 rings (SSSR count). The fourth-order valence-corrected chi connectivity index (χ4v) is 1.58. The van der Waals surface area contributed by atoms with E-state index in [2.05, 4.69) is 15.8 Å². The lowest BCUT2D eigenvalue weighted by atomic mass is 10.0. The van der Waals surface area contributed by atoms with Gasteiger partial charge in [0.25, 0.3) is 5.91 Å². The molecule has 0 aliphatic carbocycles. The normalized spacial score (nSPS) is 12.3. The van der Waals surface area contributed by atoms with E-state index in [-0.39, 0.29) is 11.6 Å². The molecule has 18 heavy (non-hydrogen) atoms. The van der Waals surface area contributed by atoms with Crippen molar-refractivity contribution in [2.75, 3.05) is 7.05 Å². The van der Waals surface area contributed by atoms with Crippen LogP contribution in [0.2, 0.25) is 0 Å². The Balaban J connectivity index is 2.71. The summed E-state index contributed by atoms with van der Waals surface area (Å²) in [6, 6.07) is 0.977. The van der Waals surface area contributed by atoms with Gasteiger partial charge in [0.1, 0.15) is 11.8 Å². The zero-order chi connectivity index (χ0) is 13.7. The van der Waals surface area contributed by atoms with E-state index in [4.69, 9.17) is 4.52 Å². The predicted molar refractivity (Wildman–Crippen MR) is 66.0 cm³/mol. The number of amides is 2. The second kappa shape index (κ2) is 6.18. The summed E-state index contributed by atoms with van der Waals surface area (Å²) in [7, 11) is 1.54. The Morgan fingerprint density at radius 2 is 2.11 bits per heavy atom. The number of hydrogen-bond acceptors (Lipinski definition) is 4. The maximum atomic E-state index is 11.9. The Hall–Kier alpha value is -1.85. The van der Waals surface area contributed by atoms with Crippen molar-refractivity contribution < 1.29 is 14.1 Å². The molecular weight excluding hydrogens is 234 g/mol. The van der Waals surface area contributed by atoms with Crippen molar-refractivity contribution >= 4 is 11.8 Å². The summed E-state index contributed by atoms with van der Waals surface area (Å²) in [4.78, 5) is 23.5. The van der Waals surface area contributed by atoms with E-state index in [1.165, 1.54) is 6.07 Å². The van der Waals surface area contributed by atoms with Crippen molar-refractivity contribution in [3.8, 4) is 0 Å². The minimum atomic E-state index is -0.556.